The monoisotopic (exact) mass is 310 g/mol. The molecule has 2 rings (SSSR count). The van der Waals surface area contributed by atoms with Crippen molar-refractivity contribution in [2.24, 2.45) is 0 Å². The van der Waals surface area contributed by atoms with Crippen LogP contribution in [0.3, 0.4) is 0 Å². The number of rotatable bonds is 5. The quantitative estimate of drug-likeness (QED) is 0.801. The highest BCUT2D eigenvalue weighted by atomic mass is 32.1. The lowest BCUT2D eigenvalue weighted by Crippen LogP contribution is -2.35. The normalized spacial score (nSPS) is 12.7. The molecule has 1 N–H and O–H groups in total. The average molecular weight is 310 g/mol. The molecule has 0 bridgehead atoms. The number of hydrogen-bond acceptors (Lipinski definition) is 5. The van der Waals surface area contributed by atoms with E-state index in [1.807, 2.05) is 0 Å². The van der Waals surface area contributed by atoms with Crippen molar-refractivity contribution in [1.82, 2.24) is 4.90 Å². The Morgan fingerprint density at radius 3 is 2.71 bits per heavy atom. The summed E-state index contributed by atoms with van der Waals surface area (Å²) in [6, 6.07) is 5.20. The molecular weight excluding hydrogens is 292 g/mol. The third-order valence-electron chi connectivity index (χ3n) is 2.96. The van der Waals surface area contributed by atoms with Crippen LogP contribution in [0.4, 0.5) is 5.69 Å². The molecule has 0 spiro atoms. The summed E-state index contributed by atoms with van der Waals surface area (Å²) in [5, 5.41) is 2.73. The van der Waals surface area contributed by atoms with Crippen molar-refractivity contribution < 1.29 is 19.1 Å². The number of amides is 2. The van der Waals surface area contributed by atoms with Crippen LogP contribution < -0.4 is 14.8 Å². The van der Waals surface area contributed by atoms with E-state index in [0.717, 1.165) is 0 Å². The van der Waals surface area contributed by atoms with Gasteiger partial charge in [-0.05, 0) is 17.9 Å². The smallest absolute Gasteiger partial charge is 0.243 e. The molecular formula is C14H18N2O4S. The number of anilines is 1. The van der Waals surface area contributed by atoms with Gasteiger partial charge in [0.05, 0.1) is 6.54 Å². The van der Waals surface area contributed by atoms with Gasteiger partial charge in [-0.15, -0.1) is 0 Å². The highest BCUT2D eigenvalue weighted by Gasteiger charge is 2.15. The van der Waals surface area contributed by atoms with Crippen molar-refractivity contribution in [2.75, 3.05) is 37.9 Å². The standard InChI is InChI=1S/C14H18N2O4S/c1-16(14(18)4-7-21)9-13(17)15-10-2-3-11-12(8-10)20-6-5-19-11/h2-3,8,21H,4-7,9H2,1H3,(H,15,17). The third kappa shape index (κ3) is 4.29. The molecule has 0 unspecified atom stereocenters. The van der Waals surface area contributed by atoms with Gasteiger partial charge in [0.1, 0.15) is 13.2 Å². The highest BCUT2D eigenvalue weighted by molar-refractivity contribution is 7.80. The van der Waals surface area contributed by atoms with Gasteiger partial charge in [0, 0.05) is 25.2 Å². The summed E-state index contributed by atoms with van der Waals surface area (Å²) < 4.78 is 10.9. The van der Waals surface area contributed by atoms with Crippen LogP contribution in [-0.4, -0.2) is 49.3 Å². The molecule has 1 heterocycles. The van der Waals surface area contributed by atoms with Crippen molar-refractivity contribution in [3.8, 4) is 11.5 Å². The first kappa shape index (κ1) is 15.5. The Labute approximate surface area is 128 Å². The van der Waals surface area contributed by atoms with Gasteiger partial charge < -0.3 is 19.7 Å². The molecule has 0 saturated heterocycles. The van der Waals surface area contributed by atoms with Crippen molar-refractivity contribution in [3.05, 3.63) is 18.2 Å². The molecule has 6 nitrogen and oxygen atoms in total. The maximum absolute atomic E-state index is 11.9. The topological polar surface area (TPSA) is 67.9 Å². The summed E-state index contributed by atoms with van der Waals surface area (Å²) in [5.41, 5.74) is 0.610. The number of hydrogen-bond donors (Lipinski definition) is 2. The summed E-state index contributed by atoms with van der Waals surface area (Å²) in [5.74, 6) is 1.37. The zero-order valence-corrected chi connectivity index (χ0v) is 12.7. The van der Waals surface area contributed by atoms with Gasteiger partial charge in [-0.3, -0.25) is 9.59 Å². The first-order valence-corrected chi connectivity index (χ1v) is 7.27. The van der Waals surface area contributed by atoms with E-state index >= 15 is 0 Å². The van der Waals surface area contributed by atoms with E-state index in [9.17, 15) is 9.59 Å². The largest absolute Gasteiger partial charge is 0.486 e. The molecule has 1 aromatic rings. The number of nitrogens with one attached hydrogen (secondary N) is 1. The number of carbonyl (C=O) groups is 2. The molecule has 0 aromatic heterocycles. The van der Waals surface area contributed by atoms with Gasteiger partial charge in [0.15, 0.2) is 11.5 Å². The summed E-state index contributed by atoms with van der Waals surface area (Å²) >= 11 is 4.00. The third-order valence-corrected chi connectivity index (χ3v) is 3.18. The second-order valence-corrected chi connectivity index (χ2v) is 5.08. The summed E-state index contributed by atoms with van der Waals surface area (Å²) in [6.45, 7) is 1.02. The lowest BCUT2D eigenvalue weighted by molar-refractivity contribution is -0.132. The van der Waals surface area contributed by atoms with Crippen LogP contribution in [0.1, 0.15) is 6.42 Å². The number of ether oxygens (including phenoxy) is 2. The van der Waals surface area contributed by atoms with Crippen molar-refractivity contribution >= 4 is 30.1 Å². The zero-order valence-electron chi connectivity index (χ0n) is 11.8. The molecule has 114 valence electrons. The SMILES string of the molecule is CN(CC(=O)Nc1ccc2c(c1)OCCO2)C(=O)CCS. The minimum atomic E-state index is -0.262. The predicted molar refractivity (Wildman–Crippen MR) is 82.2 cm³/mol. The maximum atomic E-state index is 11.9. The summed E-state index contributed by atoms with van der Waals surface area (Å²) in [6.07, 6.45) is 0.316. The number of carbonyl (C=O) groups excluding carboxylic acids is 2. The average Bonchev–Trinajstić information content (AvgIpc) is 2.47. The van der Waals surface area contributed by atoms with E-state index in [1.54, 1.807) is 25.2 Å². The summed E-state index contributed by atoms with van der Waals surface area (Å²) in [7, 11) is 1.59. The molecule has 0 fully saturated rings. The second kappa shape index (κ2) is 7.21. The summed E-state index contributed by atoms with van der Waals surface area (Å²) in [4.78, 5) is 24.9. The van der Waals surface area contributed by atoms with Crippen LogP contribution in [0.25, 0.3) is 0 Å². The molecule has 0 atom stereocenters. The second-order valence-electron chi connectivity index (χ2n) is 4.63. The highest BCUT2D eigenvalue weighted by Crippen LogP contribution is 2.32. The lowest BCUT2D eigenvalue weighted by Gasteiger charge is -2.20. The molecule has 1 aromatic carbocycles. The lowest BCUT2D eigenvalue weighted by atomic mass is 10.2. The van der Waals surface area contributed by atoms with E-state index in [1.165, 1.54) is 4.90 Å². The van der Waals surface area contributed by atoms with E-state index in [0.29, 0.717) is 42.6 Å². The van der Waals surface area contributed by atoms with Crippen LogP contribution >= 0.6 is 12.6 Å². The van der Waals surface area contributed by atoms with Crippen molar-refractivity contribution in [3.63, 3.8) is 0 Å². The number of likely N-dealkylation sites (N-methyl/N-ethyl adjacent to an activating group) is 1. The fraction of sp³-hybridized carbons (Fsp3) is 0.429. The van der Waals surface area contributed by atoms with E-state index < -0.39 is 0 Å². The first-order chi connectivity index (χ1) is 10.1. The van der Waals surface area contributed by atoms with Crippen LogP contribution in [0.5, 0.6) is 11.5 Å². The molecule has 1 aliphatic heterocycles. The van der Waals surface area contributed by atoms with Crippen LogP contribution in [0, 0.1) is 0 Å². The molecule has 21 heavy (non-hydrogen) atoms. The Morgan fingerprint density at radius 2 is 2.00 bits per heavy atom. The Balaban J connectivity index is 1.92. The number of thiol groups is 1. The van der Waals surface area contributed by atoms with Gasteiger partial charge in [0.25, 0.3) is 0 Å². The van der Waals surface area contributed by atoms with Crippen LogP contribution in [0.2, 0.25) is 0 Å². The molecule has 2 amide bonds. The Hall–Kier alpha value is -1.89. The van der Waals surface area contributed by atoms with Gasteiger partial charge >= 0.3 is 0 Å². The minimum absolute atomic E-state index is 0.00104. The van der Waals surface area contributed by atoms with Crippen molar-refractivity contribution in [2.45, 2.75) is 6.42 Å². The molecule has 0 saturated carbocycles. The van der Waals surface area contributed by atoms with E-state index in [4.69, 9.17) is 9.47 Å². The van der Waals surface area contributed by atoms with Gasteiger partial charge in [-0.25, -0.2) is 0 Å². The number of fused-ring (bicyclic) bond motifs is 1. The Morgan fingerprint density at radius 1 is 1.29 bits per heavy atom. The zero-order chi connectivity index (χ0) is 15.2. The van der Waals surface area contributed by atoms with Gasteiger partial charge in [-0.1, -0.05) is 0 Å². The molecule has 0 radical (unpaired) electrons. The van der Waals surface area contributed by atoms with E-state index in [2.05, 4.69) is 17.9 Å². The van der Waals surface area contributed by atoms with Crippen LogP contribution in [-0.2, 0) is 9.59 Å². The number of benzene rings is 1. The molecule has 1 aliphatic rings. The minimum Gasteiger partial charge on any atom is -0.486 e. The number of nitrogens with zero attached hydrogens (tertiary/aromatic N) is 1. The van der Waals surface area contributed by atoms with Gasteiger partial charge in [0.2, 0.25) is 11.8 Å². The molecule has 7 heteroatoms. The van der Waals surface area contributed by atoms with E-state index in [-0.39, 0.29) is 18.4 Å². The first-order valence-electron chi connectivity index (χ1n) is 6.64. The fourth-order valence-corrected chi connectivity index (χ4v) is 2.10. The van der Waals surface area contributed by atoms with Crippen molar-refractivity contribution in [1.29, 1.82) is 0 Å². The Kier molecular flexibility index (Phi) is 5.32. The predicted octanol–water partition coefficient (Wildman–Crippen LogP) is 1.17. The van der Waals surface area contributed by atoms with Gasteiger partial charge in [-0.2, -0.15) is 12.6 Å². The van der Waals surface area contributed by atoms with Crippen LogP contribution in [0.15, 0.2) is 18.2 Å². The fourth-order valence-electron chi connectivity index (χ4n) is 1.91. The maximum Gasteiger partial charge on any atom is 0.243 e. The molecule has 0 aliphatic carbocycles. The Bertz CT molecular complexity index is 536.